The number of fused-ring (bicyclic) bond motifs is 2. The van der Waals surface area contributed by atoms with Gasteiger partial charge in [-0.15, -0.1) is 5.10 Å². The van der Waals surface area contributed by atoms with Crippen molar-refractivity contribution in [3.8, 4) is 0 Å². The number of carbonyl (C=O) groups excluding carboxylic acids is 6. The number of amides is 6. The lowest BCUT2D eigenvalue weighted by Gasteiger charge is -2.24. The molecule has 3 aromatic heterocycles. The number of aromatic nitrogens is 7. The van der Waals surface area contributed by atoms with Crippen LogP contribution in [0, 0.1) is 13.8 Å². The van der Waals surface area contributed by atoms with Crippen molar-refractivity contribution in [3.05, 3.63) is 80.6 Å². The number of benzene rings is 2. The number of rotatable bonds is 8. The van der Waals surface area contributed by atoms with Gasteiger partial charge in [-0.25, -0.2) is 19.4 Å². The minimum Gasteiger partial charge on any atom is -0.443 e. The summed E-state index contributed by atoms with van der Waals surface area (Å²) in [6, 6.07) is 7.48. The highest BCUT2D eigenvalue weighted by atomic mass is 16.5. The Kier molecular flexibility index (Phi) is 9.23. The van der Waals surface area contributed by atoms with E-state index in [1.54, 1.807) is 38.1 Å². The van der Waals surface area contributed by atoms with E-state index in [0.717, 1.165) is 0 Å². The number of piperidine rings is 2. The third-order valence-corrected chi connectivity index (χ3v) is 9.01. The quantitative estimate of drug-likeness (QED) is 0.160. The molecule has 54 heavy (non-hydrogen) atoms. The lowest BCUT2D eigenvalue weighted by Crippen LogP contribution is -2.45. The largest absolute Gasteiger partial charge is 0.443 e. The fourth-order valence-electron chi connectivity index (χ4n) is 6.61. The van der Waals surface area contributed by atoms with E-state index in [9.17, 15) is 38.4 Å². The van der Waals surface area contributed by atoms with Gasteiger partial charge < -0.3 is 10.1 Å². The van der Waals surface area contributed by atoms with E-state index in [2.05, 4.69) is 41.5 Å². The van der Waals surface area contributed by atoms with Crippen LogP contribution >= 0.6 is 0 Å². The SMILES string of the molecule is Cc1nc2cccc(NC(=O)Cn3cc(COC(=O)Nc4cccc5nc(C)n(C6CCC(=O)NC6=O)c(=O)c45)nn3)c2c(=O)n1C1CCC(=O)NC1=O. The first-order valence-corrected chi connectivity index (χ1v) is 16.7. The number of anilines is 2. The number of carbonyl (C=O) groups is 6. The Morgan fingerprint density at radius 3 is 1.81 bits per heavy atom. The van der Waals surface area contributed by atoms with Crippen LogP contribution in [0.25, 0.3) is 21.8 Å². The van der Waals surface area contributed by atoms with Crippen LogP contribution in [-0.4, -0.2) is 69.7 Å². The van der Waals surface area contributed by atoms with Crippen molar-refractivity contribution in [2.24, 2.45) is 0 Å². The molecule has 0 radical (unpaired) electrons. The Labute approximate surface area is 302 Å². The molecule has 2 fully saturated rings. The van der Waals surface area contributed by atoms with Crippen molar-refractivity contribution in [1.82, 2.24) is 44.7 Å². The fraction of sp³-hybridized carbons (Fsp3) is 0.294. The predicted molar refractivity (Wildman–Crippen MR) is 187 cm³/mol. The highest BCUT2D eigenvalue weighted by molar-refractivity contribution is 6.02. The number of nitrogens with one attached hydrogen (secondary N) is 4. The first-order chi connectivity index (χ1) is 25.9. The van der Waals surface area contributed by atoms with Crippen LogP contribution in [-0.2, 0) is 41.9 Å². The van der Waals surface area contributed by atoms with E-state index in [0.29, 0.717) is 5.52 Å². The monoisotopic (exact) mass is 737 g/mol. The fourth-order valence-corrected chi connectivity index (χ4v) is 6.61. The van der Waals surface area contributed by atoms with Crippen molar-refractivity contribution in [2.45, 2.75) is 64.8 Å². The standard InChI is InChI=1S/C34H31N11O9/c1-16-35-19-5-3-7-21(28(19)32(51)44(16)23-9-11-25(46)39-30(23)49)37-27(48)14-43-13-18(41-42-43)15-54-34(53)38-22-8-4-6-20-29(22)33(52)45(17(2)36-20)24-10-12-26(47)40-31(24)50/h3-8,13,23-24H,9-12,14-15H2,1-2H3,(H,37,48)(H,38,53)(H,39,46,49)(H,40,47,50). The van der Waals surface area contributed by atoms with E-state index < -0.39 is 58.8 Å². The van der Waals surface area contributed by atoms with E-state index >= 15 is 0 Å². The molecule has 2 atom stereocenters. The molecular weight excluding hydrogens is 706 g/mol. The van der Waals surface area contributed by atoms with Gasteiger partial charge in [0.15, 0.2) is 0 Å². The van der Waals surface area contributed by atoms with Gasteiger partial charge in [0.25, 0.3) is 11.1 Å². The van der Waals surface area contributed by atoms with Gasteiger partial charge in [0, 0.05) is 12.8 Å². The van der Waals surface area contributed by atoms with Gasteiger partial charge in [0.05, 0.1) is 39.4 Å². The second kappa shape index (κ2) is 14.1. The van der Waals surface area contributed by atoms with Crippen molar-refractivity contribution in [1.29, 1.82) is 0 Å². The zero-order chi connectivity index (χ0) is 38.3. The molecule has 5 heterocycles. The van der Waals surface area contributed by atoms with Gasteiger partial charge in [0.1, 0.15) is 42.6 Å². The second-order valence-electron chi connectivity index (χ2n) is 12.7. The molecule has 20 heteroatoms. The second-order valence-corrected chi connectivity index (χ2v) is 12.7. The Morgan fingerprint density at radius 2 is 1.30 bits per heavy atom. The van der Waals surface area contributed by atoms with Crippen LogP contribution in [0.5, 0.6) is 0 Å². The van der Waals surface area contributed by atoms with E-state index in [4.69, 9.17) is 4.74 Å². The molecule has 0 spiro atoms. The molecule has 4 N–H and O–H groups in total. The Balaban J connectivity index is 1.01. The lowest BCUT2D eigenvalue weighted by atomic mass is 10.1. The van der Waals surface area contributed by atoms with Crippen LogP contribution in [0.3, 0.4) is 0 Å². The van der Waals surface area contributed by atoms with Gasteiger partial charge >= 0.3 is 6.09 Å². The molecule has 0 bridgehead atoms. The van der Waals surface area contributed by atoms with E-state index in [1.165, 1.54) is 32.1 Å². The highest BCUT2D eigenvalue weighted by Crippen LogP contribution is 2.25. The van der Waals surface area contributed by atoms with Crippen molar-refractivity contribution < 1.29 is 33.5 Å². The summed E-state index contributed by atoms with van der Waals surface area (Å²) in [6.07, 6.45) is 0.796. The van der Waals surface area contributed by atoms with Crippen LogP contribution in [0.1, 0.15) is 55.1 Å². The average Bonchev–Trinajstić information content (AvgIpc) is 3.55. The summed E-state index contributed by atoms with van der Waals surface area (Å²) in [7, 11) is 0. The van der Waals surface area contributed by atoms with Crippen LogP contribution in [0.2, 0.25) is 0 Å². The number of imide groups is 2. The zero-order valence-electron chi connectivity index (χ0n) is 28.7. The number of ether oxygens (including phenoxy) is 1. The Bertz CT molecular complexity index is 2560. The highest BCUT2D eigenvalue weighted by Gasteiger charge is 2.32. The summed E-state index contributed by atoms with van der Waals surface area (Å²) in [5, 5.41) is 17.6. The van der Waals surface area contributed by atoms with Gasteiger partial charge in [-0.2, -0.15) is 0 Å². The van der Waals surface area contributed by atoms with Crippen LogP contribution in [0.4, 0.5) is 16.2 Å². The molecule has 20 nitrogen and oxygen atoms in total. The van der Waals surface area contributed by atoms with Gasteiger partial charge in [-0.1, -0.05) is 17.3 Å². The summed E-state index contributed by atoms with van der Waals surface area (Å²) in [5.74, 6) is -2.13. The molecular formula is C34H31N11O9. The summed E-state index contributed by atoms with van der Waals surface area (Å²) in [5.41, 5.74) is -0.152. The first-order valence-electron chi connectivity index (χ1n) is 16.7. The van der Waals surface area contributed by atoms with E-state index in [1.807, 2.05) is 0 Å². The van der Waals surface area contributed by atoms with Crippen molar-refractivity contribution in [3.63, 3.8) is 0 Å². The number of nitrogens with zero attached hydrogens (tertiary/aromatic N) is 7. The summed E-state index contributed by atoms with van der Waals surface area (Å²) < 4.78 is 8.90. The molecule has 2 aliphatic heterocycles. The first kappa shape index (κ1) is 35.3. The predicted octanol–water partition coefficient (Wildman–Crippen LogP) is 0.658. The summed E-state index contributed by atoms with van der Waals surface area (Å²) in [6.45, 7) is 2.46. The third kappa shape index (κ3) is 6.78. The number of hydrogen-bond acceptors (Lipinski definition) is 13. The Morgan fingerprint density at radius 1 is 0.778 bits per heavy atom. The van der Waals surface area contributed by atoms with E-state index in [-0.39, 0.29) is 83.8 Å². The maximum absolute atomic E-state index is 13.7. The topological polar surface area (TPSA) is 260 Å². The van der Waals surface area contributed by atoms with Gasteiger partial charge in [-0.05, 0) is 51.0 Å². The zero-order valence-corrected chi connectivity index (χ0v) is 28.7. The minimum absolute atomic E-state index is 0.0358. The molecule has 2 aliphatic rings. The molecule has 2 aromatic carbocycles. The molecule has 7 rings (SSSR count). The molecule has 2 unspecified atom stereocenters. The van der Waals surface area contributed by atoms with Crippen LogP contribution < -0.4 is 32.4 Å². The molecule has 0 aliphatic carbocycles. The molecule has 276 valence electrons. The molecule has 2 saturated heterocycles. The summed E-state index contributed by atoms with van der Waals surface area (Å²) in [4.78, 5) is 111. The van der Waals surface area contributed by atoms with Crippen LogP contribution in [0.15, 0.2) is 52.2 Å². The number of aryl methyl sites for hydroxylation is 2. The molecule has 6 amide bonds. The van der Waals surface area contributed by atoms with Crippen molar-refractivity contribution in [2.75, 3.05) is 10.6 Å². The van der Waals surface area contributed by atoms with Gasteiger partial charge in [0.2, 0.25) is 29.5 Å². The average molecular weight is 738 g/mol. The molecule has 5 aromatic rings. The smallest absolute Gasteiger partial charge is 0.412 e. The normalized spacial score (nSPS) is 17.3. The molecule has 0 saturated carbocycles. The Hall–Kier alpha value is -7.12. The maximum Gasteiger partial charge on any atom is 0.412 e. The minimum atomic E-state index is -0.953. The number of hydrogen-bond donors (Lipinski definition) is 4. The van der Waals surface area contributed by atoms with Gasteiger partial charge in [-0.3, -0.25) is 58.6 Å². The third-order valence-electron chi connectivity index (χ3n) is 9.01. The van der Waals surface area contributed by atoms with Crippen molar-refractivity contribution >= 4 is 68.8 Å². The maximum atomic E-state index is 13.7. The summed E-state index contributed by atoms with van der Waals surface area (Å²) >= 11 is 0. The lowest BCUT2D eigenvalue weighted by molar-refractivity contribution is -0.137.